The Morgan fingerprint density at radius 1 is 1.18 bits per heavy atom. The van der Waals surface area contributed by atoms with Gasteiger partial charge in [0.2, 0.25) is 0 Å². The fraction of sp³-hybridized carbons (Fsp3) is 0.458. The largest absolute Gasteiger partial charge is 0.390 e. The summed E-state index contributed by atoms with van der Waals surface area (Å²) in [6.07, 6.45) is 2.50. The number of hydrogen-bond acceptors (Lipinski definition) is 3. The molecular weight excluding hydrogens is 348 g/mol. The molecule has 4 nitrogen and oxygen atoms in total. The van der Waals surface area contributed by atoms with Crippen LogP contribution in [0.1, 0.15) is 54.2 Å². The molecule has 0 saturated carbocycles. The molecule has 0 radical (unpaired) electrons. The molecule has 0 fully saturated rings. The number of aliphatic hydroxyl groups is 1. The number of benzene rings is 2. The van der Waals surface area contributed by atoms with Crippen LogP contribution in [0, 0.1) is 0 Å². The predicted octanol–water partition coefficient (Wildman–Crippen LogP) is 3.57. The Balaban J connectivity index is 1.53. The molecule has 0 saturated heterocycles. The molecule has 1 amide bonds. The van der Waals surface area contributed by atoms with Gasteiger partial charge in [0, 0.05) is 31.2 Å². The van der Waals surface area contributed by atoms with Crippen molar-refractivity contribution in [2.45, 2.75) is 58.2 Å². The van der Waals surface area contributed by atoms with Crippen molar-refractivity contribution >= 4 is 5.91 Å². The van der Waals surface area contributed by atoms with Crippen molar-refractivity contribution in [3.05, 3.63) is 70.8 Å². The zero-order chi connectivity index (χ0) is 20.1. The smallest absolute Gasteiger partial charge is 0.251 e. The van der Waals surface area contributed by atoms with Crippen molar-refractivity contribution in [2.75, 3.05) is 13.1 Å². The van der Waals surface area contributed by atoms with Crippen molar-refractivity contribution in [3.8, 4) is 0 Å². The zero-order valence-electron chi connectivity index (χ0n) is 17.2. The van der Waals surface area contributed by atoms with Crippen molar-refractivity contribution in [3.63, 3.8) is 0 Å². The third kappa shape index (κ3) is 5.91. The first-order valence-corrected chi connectivity index (χ1v) is 10.2. The van der Waals surface area contributed by atoms with Crippen LogP contribution in [0.15, 0.2) is 48.5 Å². The number of carbonyl (C=O) groups is 1. The van der Waals surface area contributed by atoms with Crippen LogP contribution in [-0.2, 0) is 19.4 Å². The van der Waals surface area contributed by atoms with Crippen LogP contribution in [0.3, 0.4) is 0 Å². The van der Waals surface area contributed by atoms with E-state index in [1.54, 1.807) is 0 Å². The molecule has 2 N–H and O–H groups in total. The molecule has 150 valence electrons. The number of hydrogen-bond donors (Lipinski definition) is 2. The predicted molar refractivity (Wildman–Crippen MR) is 113 cm³/mol. The molecule has 4 heteroatoms. The van der Waals surface area contributed by atoms with E-state index in [9.17, 15) is 9.90 Å². The van der Waals surface area contributed by atoms with E-state index in [1.165, 1.54) is 11.1 Å². The van der Waals surface area contributed by atoms with Gasteiger partial charge in [-0.2, -0.15) is 0 Å². The van der Waals surface area contributed by atoms with Gasteiger partial charge in [-0.05, 0) is 68.9 Å². The maximum atomic E-state index is 12.7. The van der Waals surface area contributed by atoms with Gasteiger partial charge in [-0.3, -0.25) is 9.69 Å². The SMILES string of the molecule is CC(CN1CCc2ccccc2C1)NC(=O)c1cccc(CCC(C)(C)O)c1. The van der Waals surface area contributed by atoms with E-state index in [4.69, 9.17) is 0 Å². The van der Waals surface area contributed by atoms with Gasteiger partial charge in [0.1, 0.15) is 0 Å². The maximum absolute atomic E-state index is 12.7. The summed E-state index contributed by atoms with van der Waals surface area (Å²) in [5.74, 6) is -0.0324. The molecule has 3 rings (SSSR count). The lowest BCUT2D eigenvalue weighted by molar-refractivity contribution is 0.0714. The van der Waals surface area contributed by atoms with Gasteiger partial charge in [-0.1, -0.05) is 36.4 Å². The van der Waals surface area contributed by atoms with Gasteiger partial charge in [0.25, 0.3) is 5.91 Å². The van der Waals surface area contributed by atoms with Crippen LogP contribution < -0.4 is 5.32 Å². The average molecular weight is 381 g/mol. The number of aryl methyl sites for hydroxylation is 1. The fourth-order valence-corrected chi connectivity index (χ4v) is 3.77. The normalized spacial score (nSPS) is 15.7. The minimum absolute atomic E-state index is 0.0324. The average Bonchev–Trinajstić information content (AvgIpc) is 2.66. The fourth-order valence-electron chi connectivity index (χ4n) is 3.77. The Kier molecular flexibility index (Phi) is 6.53. The minimum Gasteiger partial charge on any atom is -0.390 e. The van der Waals surface area contributed by atoms with Crippen LogP contribution >= 0.6 is 0 Å². The van der Waals surface area contributed by atoms with Gasteiger partial charge in [0.15, 0.2) is 0 Å². The topological polar surface area (TPSA) is 52.6 Å². The van der Waals surface area contributed by atoms with E-state index in [1.807, 2.05) is 38.1 Å². The Bertz CT molecular complexity index is 810. The summed E-state index contributed by atoms with van der Waals surface area (Å²) in [5.41, 5.74) is 3.91. The number of nitrogens with one attached hydrogen (secondary N) is 1. The van der Waals surface area contributed by atoms with Crippen LogP contribution in [0.25, 0.3) is 0 Å². The lowest BCUT2D eigenvalue weighted by Crippen LogP contribution is -2.43. The molecule has 28 heavy (non-hydrogen) atoms. The molecule has 0 aromatic heterocycles. The van der Waals surface area contributed by atoms with E-state index >= 15 is 0 Å². The molecule has 2 aromatic carbocycles. The Labute approximate surface area is 168 Å². The molecule has 0 spiro atoms. The monoisotopic (exact) mass is 380 g/mol. The summed E-state index contributed by atoms with van der Waals surface area (Å²) in [5, 5.41) is 13.0. The van der Waals surface area contributed by atoms with E-state index in [0.29, 0.717) is 12.0 Å². The number of fused-ring (bicyclic) bond motifs is 1. The summed E-state index contributed by atoms with van der Waals surface area (Å²) in [6, 6.07) is 16.4. The second kappa shape index (κ2) is 8.89. The Morgan fingerprint density at radius 3 is 2.68 bits per heavy atom. The molecule has 1 aliphatic heterocycles. The number of carbonyl (C=O) groups excluding carboxylic acids is 1. The molecule has 1 atom stereocenters. The molecule has 0 aliphatic carbocycles. The highest BCUT2D eigenvalue weighted by Gasteiger charge is 2.19. The molecule has 0 bridgehead atoms. The summed E-state index contributed by atoms with van der Waals surface area (Å²) >= 11 is 0. The third-order valence-electron chi connectivity index (χ3n) is 5.33. The van der Waals surface area contributed by atoms with Crippen molar-refractivity contribution < 1.29 is 9.90 Å². The van der Waals surface area contributed by atoms with E-state index < -0.39 is 5.60 Å². The third-order valence-corrected chi connectivity index (χ3v) is 5.33. The number of rotatable bonds is 7. The first-order chi connectivity index (χ1) is 13.3. The van der Waals surface area contributed by atoms with Crippen LogP contribution in [-0.4, -0.2) is 40.6 Å². The molecular formula is C24H32N2O2. The van der Waals surface area contributed by atoms with E-state index in [0.717, 1.165) is 38.0 Å². The summed E-state index contributed by atoms with van der Waals surface area (Å²) < 4.78 is 0. The number of nitrogens with zero attached hydrogens (tertiary/aromatic N) is 1. The van der Waals surface area contributed by atoms with Gasteiger partial charge < -0.3 is 10.4 Å². The summed E-state index contributed by atoms with van der Waals surface area (Å²) in [6.45, 7) is 8.51. The second-order valence-corrected chi connectivity index (χ2v) is 8.64. The van der Waals surface area contributed by atoms with E-state index in [2.05, 4.69) is 41.4 Å². The Hall–Kier alpha value is -2.17. The lowest BCUT2D eigenvalue weighted by Gasteiger charge is -2.31. The van der Waals surface area contributed by atoms with Gasteiger partial charge in [-0.25, -0.2) is 0 Å². The zero-order valence-corrected chi connectivity index (χ0v) is 17.2. The second-order valence-electron chi connectivity index (χ2n) is 8.64. The highest BCUT2D eigenvalue weighted by atomic mass is 16.3. The van der Waals surface area contributed by atoms with Crippen molar-refractivity contribution in [1.29, 1.82) is 0 Å². The van der Waals surface area contributed by atoms with Crippen molar-refractivity contribution in [1.82, 2.24) is 10.2 Å². The van der Waals surface area contributed by atoms with Gasteiger partial charge >= 0.3 is 0 Å². The molecule has 2 aromatic rings. The standard InChI is InChI=1S/C24H32N2O2/c1-18(16-26-14-12-20-8-4-5-9-22(20)17-26)25-23(27)21-10-6-7-19(15-21)11-13-24(2,3)28/h4-10,15,18,28H,11-14,16-17H2,1-3H3,(H,25,27). The Morgan fingerprint density at radius 2 is 1.93 bits per heavy atom. The molecule has 1 unspecified atom stereocenters. The molecule has 1 heterocycles. The summed E-state index contributed by atoms with van der Waals surface area (Å²) in [4.78, 5) is 15.1. The van der Waals surface area contributed by atoms with Crippen molar-refractivity contribution in [2.24, 2.45) is 0 Å². The lowest BCUT2D eigenvalue weighted by atomic mass is 9.98. The van der Waals surface area contributed by atoms with Gasteiger partial charge in [-0.15, -0.1) is 0 Å². The first-order valence-electron chi connectivity index (χ1n) is 10.2. The summed E-state index contributed by atoms with van der Waals surface area (Å²) in [7, 11) is 0. The molecule has 1 aliphatic rings. The first kappa shape index (κ1) is 20.6. The maximum Gasteiger partial charge on any atom is 0.251 e. The minimum atomic E-state index is -0.695. The van der Waals surface area contributed by atoms with E-state index in [-0.39, 0.29) is 11.9 Å². The number of amides is 1. The van der Waals surface area contributed by atoms with Crippen LogP contribution in [0.5, 0.6) is 0 Å². The quantitative estimate of drug-likeness (QED) is 0.772. The van der Waals surface area contributed by atoms with Crippen LogP contribution in [0.2, 0.25) is 0 Å². The van der Waals surface area contributed by atoms with Gasteiger partial charge in [0.05, 0.1) is 5.60 Å². The highest BCUT2D eigenvalue weighted by Crippen LogP contribution is 2.19. The van der Waals surface area contributed by atoms with Crippen LogP contribution in [0.4, 0.5) is 0 Å². The highest BCUT2D eigenvalue weighted by molar-refractivity contribution is 5.94.